The molecule has 4 rings (SSSR count). The van der Waals surface area contributed by atoms with Crippen molar-refractivity contribution in [1.82, 2.24) is 9.88 Å². The van der Waals surface area contributed by atoms with E-state index in [1.165, 1.54) is 7.11 Å². The number of methoxy groups -OCH3 is 1. The number of hydrogen-bond donors (Lipinski definition) is 1. The molecule has 1 aliphatic heterocycles. The lowest BCUT2D eigenvalue weighted by atomic mass is 9.99. The van der Waals surface area contributed by atoms with Gasteiger partial charge in [-0.05, 0) is 36.8 Å². The topological polar surface area (TPSA) is 85.5 Å². The zero-order chi connectivity index (χ0) is 20.5. The van der Waals surface area contributed by atoms with Crippen molar-refractivity contribution in [1.29, 1.82) is 0 Å². The average Bonchev–Trinajstić information content (AvgIpc) is 3.22. The maximum absolute atomic E-state index is 13.0. The van der Waals surface area contributed by atoms with Crippen LogP contribution in [0.5, 0.6) is 5.75 Å². The zero-order valence-electron chi connectivity index (χ0n) is 15.9. The van der Waals surface area contributed by atoms with Crippen molar-refractivity contribution >= 4 is 34.3 Å². The second kappa shape index (κ2) is 7.72. The van der Waals surface area contributed by atoms with Gasteiger partial charge in [0, 0.05) is 35.1 Å². The van der Waals surface area contributed by atoms with Gasteiger partial charge in [-0.2, -0.15) is 0 Å². The molecule has 1 atom stereocenters. The number of amides is 2. The smallest absolute Gasteiger partial charge is 0.257 e. The lowest BCUT2D eigenvalue weighted by molar-refractivity contribution is 0.0787. The second-order valence-electron chi connectivity index (χ2n) is 7.06. The summed E-state index contributed by atoms with van der Waals surface area (Å²) in [5.41, 5.74) is 7.96. The molecule has 7 heteroatoms. The van der Waals surface area contributed by atoms with Crippen LogP contribution in [0, 0.1) is 0 Å². The van der Waals surface area contributed by atoms with Crippen LogP contribution in [-0.2, 0) is 0 Å². The van der Waals surface area contributed by atoms with Crippen molar-refractivity contribution in [2.24, 2.45) is 5.73 Å². The first kappa shape index (κ1) is 19.2. The van der Waals surface area contributed by atoms with Crippen LogP contribution < -0.4 is 10.5 Å². The molecular weight excluding hydrogens is 390 g/mol. The molecule has 2 heterocycles. The Bertz CT molecular complexity index is 1120. The van der Waals surface area contributed by atoms with Gasteiger partial charge in [0.25, 0.3) is 5.91 Å². The Labute approximate surface area is 173 Å². The minimum Gasteiger partial charge on any atom is -0.496 e. The van der Waals surface area contributed by atoms with E-state index < -0.39 is 5.91 Å². The summed E-state index contributed by atoms with van der Waals surface area (Å²) in [5.74, 6) is -0.114. The number of primary amides is 1. The predicted octanol–water partition coefficient (Wildman–Crippen LogP) is 3.63. The van der Waals surface area contributed by atoms with Gasteiger partial charge in [0.15, 0.2) is 0 Å². The summed E-state index contributed by atoms with van der Waals surface area (Å²) in [6, 6.07) is 14.2. The summed E-state index contributed by atoms with van der Waals surface area (Å²) in [6.45, 7) is 1.08. The van der Waals surface area contributed by atoms with Crippen LogP contribution in [0.25, 0.3) is 10.9 Å². The highest BCUT2D eigenvalue weighted by atomic mass is 35.5. The van der Waals surface area contributed by atoms with E-state index in [1.807, 2.05) is 24.3 Å². The highest BCUT2D eigenvalue weighted by molar-refractivity contribution is 6.31. The van der Waals surface area contributed by atoms with E-state index >= 15 is 0 Å². The molecule has 3 aromatic rings. The number of ether oxygens (including phenoxy) is 1. The van der Waals surface area contributed by atoms with Crippen molar-refractivity contribution in [3.05, 3.63) is 70.4 Å². The fourth-order valence-corrected chi connectivity index (χ4v) is 3.98. The monoisotopic (exact) mass is 409 g/mol. The molecule has 6 nitrogen and oxygen atoms in total. The van der Waals surface area contributed by atoms with E-state index in [0.29, 0.717) is 35.0 Å². The molecule has 2 amide bonds. The van der Waals surface area contributed by atoms with Crippen molar-refractivity contribution in [2.75, 3.05) is 20.2 Å². The van der Waals surface area contributed by atoms with E-state index in [4.69, 9.17) is 27.1 Å². The minimum absolute atomic E-state index is 0.0202. The first-order valence-electron chi connectivity index (χ1n) is 9.30. The molecule has 0 spiro atoms. The fourth-order valence-electron chi connectivity index (χ4n) is 3.81. The molecule has 0 bridgehead atoms. The molecule has 0 saturated carbocycles. The zero-order valence-corrected chi connectivity index (χ0v) is 16.6. The van der Waals surface area contributed by atoms with Crippen LogP contribution in [0.4, 0.5) is 0 Å². The lowest BCUT2D eigenvalue weighted by Gasteiger charge is -2.18. The number of benzene rings is 2. The Morgan fingerprint density at radius 1 is 1.17 bits per heavy atom. The van der Waals surface area contributed by atoms with Gasteiger partial charge in [0.05, 0.1) is 23.8 Å². The summed E-state index contributed by atoms with van der Waals surface area (Å²) < 4.78 is 5.31. The third-order valence-electron chi connectivity index (χ3n) is 5.29. The fraction of sp³-hybridized carbons (Fsp3) is 0.227. The Balaban J connectivity index is 1.63. The summed E-state index contributed by atoms with van der Waals surface area (Å²) in [6.07, 6.45) is 0.748. The maximum Gasteiger partial charge on any atom is 0.257 e. The van der Waals surface area contributed by atoms with E-state index in [9.17, 15) is 9.59 Å². The minimum atomic E-state index is -0.487. The average molecular weight is 410 g/mol. The third kappa shape index (κ3) is 3.63. The molecule has 1 aliphatic rings. The molecule has 1 fully saturated rings. The summed E-state index contributed by atoms with van der Waals surface area (Å²) in [5, 5.41) is 1.21. The molecular formula is C22H20ClN3O3. The van der Waals surface area contributed by atoms with E-state index in [2.05, 4.69) is 0 Å². The molecule has 1 aromatic heterocycles. The number of para-hydroxylation sites is 1. The third-order valence-corrected chi connectivity index (χ3v) is 5.52. The standard InChI is InChI=1S/C22H20ClN3O3/c1-29-20-7-6-14(23)10-17(20)22(28)26-9-8-13(12-26)19-11-16(21(24)27)15-4-2-3-5-18(15)25-19/h2-7,10-11,13H,8-9,12H2,1H3,(H2,24,27)/t13-/m1/s1. The molecule has 0 unspecified atom stereocenters. The molecule has 0 radical (unpaired) electrons. The van der Waals surface area contributed by atoms with Crippen LogP contribution in [-0.4, -0.2) is 41.9 Å². The summed E-state index contributed by atoms with van der Waals surface area (Å²) in [7, 11) is 1.52. The van der Waals surface area contributed by atoms with Gasteiger partial charge in [0.1, 0.15) is 5.75 Å². The van der Waals surface area contributed by atoms with Gasteiger partial charge in [-0.15, -0.1) is 0 Å². The van der Waals surface area contributed by atoms with Crippen LogP contribution in [0.2, 0.25) is 5.02 Å². The van der Waals surface area contributed by atoms with Crippen molar-refractivity contribution < 1.29 is 14.3 Å². The molecule has 2 N–H and O–H groups in total. The van der Waals surface area contributed by atoms with Crippen molar-refractivity contribution in [3.8, 4) is 5.75 Å². The first-order valence-corrected chi connectivity index (χ1v) is 9.68. The molecule has 29 heavy (non-hydrogen) atoms. The summed E-state index contributed by atoms with van der Waals surface area (Å²) in [4.78, 5) is 31.5. The molecule has 2 aromatic carbocycles. The Morgan fingerprint density at radius 2 is 1.97 bits per heavy atom. The molecule has 148 valence electrons. The van der Waals surface area contributed by atoms with Gasteiger partial charge in [-0.25, -0.2) is 0 Å². The number of pyridine rings is 1. The Morgan fingerprint density at radius 3 is 2.72 bits per heavy atom. The SMILES string of the molecule is COc1ccc(Cl)cc1C(=O)N1CC[C@@H](c2cc(C(N)=O)c3ccccc3n2)C1. The number of fused-ring (bicyclic) bond motifs is 1. The van der Waals surface area contributed by atoms with Gasteiger partial charge >= 0.3 is 0 Å². The number of aromatic nitrogens is 1. The van der Waals surface area contributed by atoms with Crippen LogP contribution >= 0.6 is 11.6 Å². The van der Waals surface area contributed by atoms with Crippen LogP contribution in [0.15, 0.2) is 48.5 Å². The van der Waals surface area contributed by atoms with Gasteiger partial charge in [-0.3, -0.25) is 14.6 Å². The number of rotatable bonds is 4. The Hall–Kier alpha value is -3.12. The maximum atomic E-state index is 13.0. The van der Waals surface area contributed by atoms with Crippen molar-refractivity contribution in [2.45, 2.75) is 12.3 Å². The second-order valence-corrected chi connectivity index (χ2v) is 7.49. The quantitative estimate of drug-likeness (QED) is 0.713. The van der Waals surface area contributed by atoms with E-state index in [-0.39, 0.29) is 11.8 Å². The first-order chi connectivity index (χ1) is 14.0. The van der Waals surface area contributed by atoms with Gasteiger partial charge in [0.2, 0.25) is 5.91 Å². The van der Waals surface area contributed by atoms with Gasteiger partial charge in [-0.1, -0.05) is 29.8 Å². The van der Waals surface area contributed by atoms with Crippen molar-refractivity contribution in [3.63, 3.8) is 0 Å². The number of carbonyl (C=O) groups is 2. The van der Waals surface area contributed by atoms with Gasteiger partial charge < -0.3 is 15.4 Å². The molecule has 0 aliphatic carbocycles. The number of nitrogens with zero attached hydrogens (tertiary/aromatic N) is 2. The molecule has 1 saturated heterocycles. The van der Waals surface area contributed by atoms with E-state index in [1.54, 1.807) is 29.2 Å². The normalized spacial score (nSPS) is 16.2. The number of likely N-dealkylation sites (tertiary alicyclic amines) is 1. The lowest BCUT2D eigenvalue weighted by Crippen LogP contribution is -2.29. The number of carbonyl (C=O) groups excluding carboxylic acids is 2. The Kier molecular flexibility index (Phi) is 5.11. The number of halogens is 1. The number of hydrogen-bond acceptors (Lipinski definition) is 4. The predicted molar refractivity (Wildman–Crippen MR) is 112 cm³/mol. The van der Waals surface area contributed by atoms with Crippen LogP contribution in [0.1, 0.15) is 38.7 Å². The highest BCUT2D eigenvalue weighted by Gasteiger charge is 2.31. The van der Waals surface area contributed by atoms with E-state index in [0.717, 1.165) is 23.0 Å². The van der Waals surface area contributed by atoms with Crippen LogP contribution in [0.3, 0.4) is 0 Å². The highest BCUT2D eigenvalue weighted by Crippen LogP contribution is 2.32. The summed E-state index contributed by atoms with van der Waals surface area (Å²) >= 11 is 6.07. The number of nitrogens with two attached hydrogens (primary N) is 1. The largest absolute Gasteiger partial charge is 0.496 e.